The van der Waals surface area contributed by atoms with Crippen LogP contribution >= 0.6 is 17.0 Å². The van der Waals surface area contributed by atoms with E-state index in [1.807, 2.05) is 0 Å². The molecule has 0 aliphatic heterocycles. The monoisotopic (exact) mass is 904 g/mol. The van der Waals surface area contributed by atoms with Gasteiger partial charge in [0.2, 0.25) is 0 Å². The van der Waals surface area contributed by atoms with E-state index < -0.39 is 20.8 Å². The summed E-state index contributed by atoms with van der Waals surface area (Å²) in [6.07, 6.45) is 22.2. The van der Waals surface area contributed by atoms with Gasteiger partial charge in [-0.2, -0.15) is 12.1 Å². The Morgan fingerprint density at radius 3 is 1.16 bits per heavy atom. The summed E-state index contributed by atoms with van der Waals surface area (Å²) in [5.41, 5.74) is 12.1. The molecule has 2 radical (unpaired) electrons. The van der Waals surface area contributed by atoms with Crippen LogP contribution in [0, 0.1) is 24.7 Å². The van der Waals surface area contributed by atoms with E-state index >= 15 is 0 Å². The van der Waals surface area contributed by atoms with E-state index in [2.05, 4.69) is 150 Å². The van der Waals surface area contributed by atoms with Crippen LogP contribution in [-0.2, 0) is 33.7 Å². The van der Waals surface area contributed by atoms with Crippen molar-refractivity contribution in [2.24, 2.45) is 10.8 Å². The molecule has 2 fully saturated rings. The first-order valence-electron chi connectivity index (χ1n) is 22.1. The van der Waals surface area contributed by atoms with Gasteiger partial charge >= 0.3 is 37.9 Å². The molecule has 6 aromatic carbocycles. The quantitative estimate of drug-likeness (QED) is 0.115. The van der Waals surface area contributed by atoms with Gasteiger partial charge in [-0.15, -0.1) is 69.1 Å². The summed E-state index contributed by atoms with van der Waals surface area (Å²) in [5.74, 6) is 0. The van der Waals surface area contributed by atoms with Crippen molar-refractivity contribution < 1.29 is 20.8 Å². The Balaban J connectivity index is 0.000000195. The fourth-order valence-electron chi connectivity index (χ4n) is 9.62. The molecule has 8 rings (SSSR count). The zero-order valence-electron chi connectivity index (χ0n) is 36.5. The molecule has 0 saturated heterocycles. The van der Waals surface area contributed by atoms with Crippen molar-refractivity contribution in [1.29, 1.82) is 0 Å². The predicted octanol–water partition coefficient (Wildman–Crippen LogP) is 17.8. The summed E-state index contributed by atoms with van der Waals surface area (Å²) in [6.45, 7) is 13.7. The number of hydrogen-bond acceptors (Lipinski definition) is 0. The van der Waals surface area contributed by atoms with E-state index in [1.54, 1.807) is 0 Å². The van der Waals surface area contributed by atoms with Crippen molar-refractivity contribution in [2.45, 2.75) is 144 Å². The van der Waals surface area contributed by atoms with Gasteiger partial charge < -0.3 is 0 Å². The van der Waals surface area contributed by atoms with Crippen molar-refractivity contribution in [3.8, 4) is 22.3 Å². The van der Waals surface area contributed by atoms with Crippen LogP contribution in [0.2, 0.25) is 13.1 Å². The van der Waals surface area contributed by atoms with E-state index in [1.165, 1.54) is 169 Å². The van der Waals surface area contributed by atoms with Crippen molar-refractivity contribution in [3.05, 3.63) is 131 Å². The van der Waals surface area contributed by atoms with E-state index in [4.69, 9.17) is 17.0 Å². The molecular weight excluding hydrogens is 839 g/mol. The second-order valence-corrected chi connectivity index (χ2v) is 22.9. The Morgan fingerprint density at radius 1 is 0.517 bits per heavy atom. The molecule has 0 unspecified atom stereocenters. The molecule has 0 nitrogen and oxygen atoms in total. The number of rotatable bonds is 6. The SMILES string of the molecule is C[Si]C.Cc1ccc(-c2cccc3[cH-]c(CC4(C)CCCCCCC4)cc23)cc1.Cc1ccc(-c2cccc3[cH-]c(CC4(C)CCCCCCC4)cc23)cc1.[Cl][Zr+2][Cl]. The molecule has 2 aliphatic carbocycles. The molecule has 2 aliphatic rings. The van der Waals surface area contributed by atoms with Gasteiger partial charge in [-0.25, -0.2) is 0 Å². The molecule has 0 heterocycles. The summed E-state index contributed by atoms with van der Waals surface area (Å²) < 4.78 is 0. The minimum absolute atomic E-state index is 0.481. The number of hydrogen-bond donors (Lipinski definition) is 0. The van der Waals surface area contributed by atoms with Gasteiger partial charge in [0, 0.05) is 9.52 Å². The maximum absolute atomic E-state index is 4.93. The van der Waals surface area contributed by atoms with Gasteiger partial charge in [0.15, 0.2) is 0 Å². The van der Waals surface area contributed by atoms with Gasteiger partial charge in [0.25, 0.3) is 0 Å². The van der Waals surface area contributed by atoms with Crippen LogP contribution < -0.4 is 0 Å². The molecule has 0 bridgehead atoms. The Kier molecular flexibility index (Phi) is 19.1. The molecule has 306 valence electrons. The van der Waals surface area contributed by atoms with Gasteiger partial charge in [0.1, 0.15) is 0 Å². The third kappa shape index (κ3) is 13.9. The normalized spacial score (nSPS) is 16.4. The first kappa shape index (κ1) is 46.8. The second-order valence-electron chi connectivity index (χ2n) is 18.2. The van der Waals surface area contributed by atoms with Crippen LogP contribution in [0.3, 0.4) is 0 Å². The summed E-state index contributed by atoms with van der Waals surface area (Å²) in [6, 6.07) is 41.2. The summed E-state index contributed by atoms with van der Waals surface area (Å²) in [5, 5.41) is 5.63. The third-order valence-electron chi connectivity index (χ3n) is 12.7. The number of benzene rings is 4. The number of fused-ring (bicyclic) bond motifs is 2. The molecule has 0 spiro atoms. The Bertz CT molecular complexity index is 1920. The van der Waals surface area contributed by atoms with E-state index in [-0.39, 0.29) is 0 Å². The van der Waals surface area contributed by atoms with Crippen LogP contribution in [0.4, 0.5) is 0 Å². The molecule has 0 aromatic heterocycles. The zero-order valence-corrected chi connectivity index (χ0v) is 41.4. The topological polar surface area (TPSA) is 0 Å². The Labute approximate surface area is 374 Å². The Hall–Kier alpha value is -2.22. The van der Waals surface area contributed by atoms with Crippen molar-refractivity contribution in [2.75, 3.05) is 0 Å². The molecule has 2 saturated carbocycles. The van der Waals surface area contributed by atoms with Gasteiger partial charge in [-0.1, -0.05) is 174 Å². The molecule has 4 heteroatoms. The van der Waals surface area contributed by atoms with E-state index in [9.17, 15) is 0 Å². The van der Waals surface area contributed by atoms with Crippen LogP contribution in [0.15, 0.2) is 109 Å². The summed E-state index contributed by atoms with van der Waals surface area (Å²) >= 11 is -0.826. The zero-order chi connectivity index (χ0) is 41.4. The molecule has 0 amide bonds. The van der Waals surface area contributed by atoms with Crippen molar-refractivity contribution in [3.63, 3.8) is 0 Å². The van der Waals surface area contributed by atoms with Crippen LogP contribution in [0.1, 0.15) is 126 Å². The first-order chi connectivity index (χ1) is 28.1. The molecule has 58 heavy (non-hydrogen) atoms. The fraction of sp³-hybridized carbons (Fsp3) is 0.444. The average Bonchev–Trinajstić information content (AvgIpc) is 3.80. The molecule has 6 aromatic rings. The predicted molar refractivity (Wildman–Crippen MR) is 257 cm³/mol. The summed E-state index contributed by atoms with van der Waals surface area (Å²) in [4.78, 5) is 0. The molecule has 0 N–H and O–H groups in total. The first-order valence-corrected chi connectivity index (χ1v) is 30.5. The maximum atomic E-state index is 4.93. The van der Waals surface area contributed by atoms with Crippen LogP contribution in [-0.4, -0.2) is 9.52 Å². The Morgan fingerprint density at radius 2 is 0.828 bits per heavy atom. The van der Waals surface area contributed by atoms with Gasteiger partial charge in [-0.3, -0.25) is 0 Å². The van der Waals surface area contributed by atoms with E-state index in [0.29, 0.717) is 10.8 Å². The summed E-state index contributed by atoms with van der Waals surface area (Å²) in [7, 11) is 11.0. The molecule has 0 atom stereocenters. The average molecular weight is 907 g/mol. The fourth-order valence-corrected chi connectivity index (χ4v) is 9.62. The molecular formula is C54H68Cl2SiZr. The standard InChI is InChI=1S/2C26H31.C2H6Si.2ClH.Zr/c2*1-20-11-13-22(14-12-20)24-10-8-9-23-17-21(18-25(23)24)19-26(2)15-6-4-3-5-7-16-26;1-3-2;;;/h2*8-14,17-18H,3-7,15-16,19H2,1-2H3;1-2H3;2*1H;/q2*-1;;;;+4/p-2. The second kappa shape index (κ2) is 23.7. The minimum atomic E-state index is -0.826. The van der Waals surface area contributed by atoms with E-state index in [0.717, 1.165) is 9.52 Å². The third-order valence-corrected chi connectivity index (χ3v) is 12.7. The number of halogens is 2. The van der Waals surface area contributed by atoms with Crippen molar-refractivity contribution in [1.82, 2.24) is 0 Å². The van der Waals surface area contributed by atoms with Crippen molar-refractivity contribution >= 4 is 48.1 Å². The van der Waals surface area contributed by atoms with Crippen LogP contribution in [0.25, 0.3) is 43.8 Å². The van der Waals surface area contributed by atoms with Crippen LogP contribution in [0.5, 0.6) is 0 Å². The number of aryl methyl sites for hydroxylation is 2. The van der Waals surface area contributed by atoms with Gasteiger partial charge in [-0.05, 0) is 74.3 Å². The van der Waals surface area contributed by atoms with Gasteiger partial charge in [0.05, 0.1) is 0 Å².